The molecule has 0 amide bonds. The molecular weight excluding hydrogens is 655 g/mol. The van der Waals surface area contributed by atoms with Gasteiger partial charge in [0.25, 0.3) is 0 Å². The highest BCUT2D eigenvalue weighted by Crippen LogP contribution is 2.43. The minimum absolute atomic E-state index is 0.261. The van der Waals surface area contributed by atoms with Crippen LogP contribution >= 0.6 is 0 Å². The second-order valence-electron chi connectivity index (χ2n) is 14.4. The Morgan fingerprint density at radius 1 is 0.463 bits per heavy atom. The van der Waals surface area contributed by atoms with Crippen LogP contribution in [-0.2, 0) is 0 Å². The fourth-order valence-electron chi connectivity index (χ4n) is 8.63. The van der Waals surface area contributed by atoms with Gasteiger partial charge in [0.05, 0.1) is 11.0 Å². The van der Waals surface area contributed by atoms with Gasteiger partial charge < -0.3 is 8.98 Å². The molecule has 0 aliphatic carbocycles. The van der Waals surface area contributed by atoms with E-state index in [2.05, 4.69) is 194 Å². The molecule has 0 saturated carbocycles. The first-order valence-corrected chi connectivity index (χ1v) is 18.9. The third-order valence-electron chi connectivity index (χ3n) is 11.3. The van der Waals surface area contributed by atoms with Gasteiger partial charge in [-0.2, -0.15) is 0 Å². The largest absolute Gasteiger partial charge is 0.456 e. The van der Waals surface area contributed by atoms with Gasteiger partial charge in [0.2, 0.25) is 0 Å². The van der Waals surface area contributed by atoms with Gasteiger partial charge in [0.1, 0.15) is 11.2 Å². The molecule has 2 heteroatoms. The molecule has 0 aliphatic heterocycles. The zero-order valence-corrected chi connectivity index (χ0v) is 30.5. The van der Waals surface area contributed by atoms with Crippen LogP contribution in [0.3, 0.4) is 0 Å². The van der Waals surface area contributed by atoms with Crippen LogP contribution in [0.2, 0.25) is 0 Å². The molecular formula is C52H39NO. The molecule has 54 heavy (non-hydrogen) atoms. The van der Waals surface area contributed by atoms with Crippen molar-refractivity contribution in [2.45, 2.75) is 26.2 Å². The van der Waals surface area contributed by atoms with Crippen LogP contribution in [0, 0.1) is 6.92 Å². The summed E-state index contributed by atoms with van der Waals surface area (Å²) in [5.74, 6) is 0.261. The predicted octanol–water partition coefficient (Wildman–Crippen LogP) is 14.5. The lowest BCUT2D eigenvalue weighted by Crippen LogP contribution is -2.03. The van der Waals surface area contributed by atoms with E-state index in [0.29, 0.717) is 0 Å². The van der Waals surface area contributed by atoms with Crippen LogP contribution in [0.5, 0.6) is 0 Å². The average Bonchev–Trinajstić information content (AvgIpc) is 3.76. The van der Waals surface area contributed by atoms with Gasteiger partial charge in [-0.05, 0) is 118 Å². The number of nitrogens with zero attached hydrogens (tertiary/aromatic N) is 1. The van der Waals surface area contributed by atoms with Crippen LogP contribution in [-0.4, -0.2) is 4.57 Å². The summed E-state index contributed by atoms with van der Waals surface area (Å²) in [6, 6.07) is 66.3. The van der Waals surface area contributed by atoms with Crippen LogP contribution in [0.25, 0.3) is 82.8 Å². The molecule has 2 aromatic heterocycles. The van der Waals surface area contributed by atoms with E-state index >= 15 is 0 Å². The molecule has 0 spiro atoms. The zero-order chi connectivity index (χ0) is 36.2. The smallest absolute Gasteiger partial charge is 0.135 e. The van der Waals surface area contributed by atoms with Gasteiger partial charge in [-0.3, -0.25) is 0 Å². The van der Waals surface area contributed by atoms with E-state index in [0.717, 1.165) is 34.0 Å². The van der Waals surface area contributed by atoms with E-state index in [-0.39, 0.29) is 5.92 Å². The summed E-state index contributed by atoms with van der Waals surface area (Å²) in [5, 5.41) is 4.74. The molecule has 0 radical (unpaired) electrons. The number of aromatic nitrogens is 1. The lowest BCUT2D eigenvalue weighted by atomic mass is 9.82. The fraction of sp³-hybridized carbons (Fsp3) is 0.0769. The van der Waals surface area contributed by atoms with Gasteiger partial charge >= 0.3 is 0 Å². The van der Waals surface area contributed by atoms with Crippen molar-refractivity contribution < 1.29 is 4.42 Å². The average molecular weight is 694 g/mol. The predicted molar refractivity (Wildman–Crippen MR) is 228 cm³/mol. The van der Waals surface area contributed by atoms with Crippen LogP contribution in [0.15, 0.2) is 186 Å². The Bertz CT molecular complexity index is 2970. The van der Waals surface area contributed by atoms with Gasteiger partial charge in [0, 0.05) is 33.2 Å². The number of benzene rings is 8. The van der Waals surface area contributed by atoms with Crippen LogP contribution in [0.4, 0.5) is 0 Å². The Morgan fingerprint density at radius 3 is 1.83 bits per heavy atom. The number of para-hydroxylation sites is 1. The highest BCUT2D eigenvalue weighted by atomic mass is 16.3. The summed E-state index contributed by atoms with van der Waals surface area (Å²) in [7, 11) is 0. The molecule has 0 aliphatic rings. The highest BCUT2D eigenvalue weighted by molar-refractivity contribution is 6.13. The monoisotopic (exact) mass is 693 g/mol. The number of fused-ring (bicyclic) bond motifs is 6. The van der Waals surface area contributed by atoms with Gasteiger partial charge in [0.15, 0.2) is 0 Å². The summed E-state index contributed by atoms with van der Waals surface area (Å²) in [6.45, 7) is 4.59. The first kappa shape index (κ1) is 32.0. The Kier molecular flexibility index (Phi) is 7.77. The molecule has 10 rings (SSSR count). The molecule has 8 aromatic carbocycles. The number of furan rings is 1. The molecule has 1 unspecified atom stereocenters. The summed E-state index contributed by atoms with van der Waals surface area (Å²) in [4.78, 5) is 0. The number of hydrogen-bond donors (Lipinski definition) is 0. The van der Waals surface area contributed by atoms with Crippen molar-refractivity contribution in [1.29, 1.82) is 0 Å². The van der Waals surface area contributed by atoms with Gasteiger partial charge in [-0.15, -0.1) is 0 Å². The van der Waals surface area contributed by atoms with Crippen LogP contribution in [0.1, 0.15) is 36.0 Å². The summed E-state index contributed by atoms with van der Waals surface area (Å²) >= 11 is 0. The minimum Gasteiger partial charge on any atom is -0.456 e. The summed E-state index contributed by atoms with van der Waals surface area (Å²) in [6.07, 6.45) is 1.00. The molecule has 1 atom stereocenters. The fourth-order valence-corrected chi connectivity index (χ4v) is 8.63. The van der Waals surface area contributed by atoms with Crippen molar-refractivity contribution in [2.24, 2.45) is 0 Å². The summed E-state index contributed by atoms with van der Waals surface area (Å²) in [5.41, 5.74) is 16.7. The van der Waals surface area contributed by atoms with E-state index in [1.165, 1.54) is 71.9 Å². The van der Waals surface area contributed by atoms with Gasteiger partial charge in [-0.25, -0.2) is 0 Å². The van der Waals surface area contributed by atoms with Crippen molar-refractivity contribution in [2.75, 3.05) is 0 Å². The lowest BCUT2D eigenvalue weighted by molar-refractivity contribution is 0.669. The Hall–Kier alpha value is -6.64. The standard InChI is InChI=1S/C52H39NO/c1-3-41(37-19-11-6-12-20-37)42-26-23-38(35-15-7-4-8-16-35)30-45(42)44-33-50-46(29-34(44)2)47-31-39(36-17-9-5-10-18-36)24-27-49(47)53(50)40-25-28-52-48(32-40)43-21-13-14-22-51(43)54-52/h4-33,41H,3H2,1-2H3. The molecule has 0 fully saturated rings. The van der Waals surface area contributed by atoms with Crippen LogP contribution < -0.4 is 0 Å². The van der Waals surface area contributed by atoms with Crippen molar-refractivity contribution in [3.05, 3.63) is 199 Å². The topological polar surface area (TPSA) is 18.1 Å². The van der Waals surface area contributed by atoms with Crippen molar-refractivity contribution >= 4 is 43.7 Å². The summed E-state index contributed by atoms with van der Waals surface area (Å²) < 4.78 is 8.74. The number of rotatable bonds is 7. The molecule has 2 nitrogen and oxygen atoms in total. The van der Waals surface area contributed by atoms with E-state index < -0.39 is 0 Å². The van der Waals surface area contributed by atoms with Gasteiger partial charge in [-0.1, -0.05) is 134 Å². The molecule has 258 valence electrons. The molecule has 10 aromatic rings. The van der Waals surface area contributed by atoms with E-state index in [9.17, 15) is 0 Å². The molecule has 0 N–H and O–H groups in total. The lowest BCUT2D eigenvalue weighted by Gasteiger charge is -2.22. The Balaban J connectivity index is 1.26. The second kappa shape index (κ2) is 13.1. The van der Waals surface area contributed by atoms with Crippen molar-refractivity contribution in [1.82, 2.24) is 4.57 Å². The quantitative estimate of drug-likeness (QED) is 0.162. The molecule has 2 heterocycles. The van der Waals surface area contributed by atoms with E-state index in [1.54, 1.807) is 0 Å². The minimum atomic E-state index is 0.261. The molecule has 0 bridgehead atoms. The normalized spacial score (nSPS) is 12.3. The van der Waals surface area contributed by atoms with E-state index in [4.69, 9.17) is 4.42 Å². The number of hydrogen-bond acceptors (Lipinski definition) is 1. The number of aryl methyl sites for hydroxylation is 1. The third-order valence-corrected chi connectivity index (χ3v) is 11.3. The Morgan fingerprint density at radius 2 is 1.09 bits per heavy atom. The molecule has 0 saturated heterocycles. The maximum Gasteiger partial charge on any atom is 0.135 e. The van der Waals surface area contributed by atoms with Crippen molar-refractivity contribution in [3.8, 4) is 39.1 Å². The highest BCUT2D eigenvalue weighted by Gasteiger charge is 2.22. The SMILES string of the molecule is CCC(c1ccccc1)c1ccc(-c2ccccc2)cc1-c1cc2c(cc1C)c1cc(-c3ccccc3)ccc1n2-c1ccc2oc3ccccc3c2c1. The first-order valence-electron chi connectivity index (χ1n) is 18.9. The third kappa shape index (κ3) is 5.33. The van der Waals surface area contributed by atoms with E-state index in [1.807, 2.05) is 6.07 Å². The zero-order valence-electron chi connectivity index (χ0n) is 30.5. The first-order chi connectivity index (χ1) is 26.6. The maximum absolute atomic E-state index is 6.28. The second-order valence-corrected chi connectivity index (χ2v) is 14.4. The maximum atomic E-state index is 6.28. The Labute approximate surface area is 315 Å². The van der Waals surface area contributed by atoms with Crippen molar-refractivity contribution in [3.63, 3.8) is 0 Å².